The van der Waals surface area contributed by atoms with Crippen molar-refractivity contribution in [3.63, 3.8) is 0 Å². The number of carboxylic acid groups (broad SMARTS) is 1. The Bertz CT molecular complexity index is 1100. The number of aryl methyl sites for hydroxylation is 1. The van der Waals surface area contributed by atoms with Gasteiger partial charge in [-0.15, -0.1) is 23.1 Å². The van der Waals surface area contributed by atoms with E-state index in [0.717, 1.165) is 31.2 Å². The van der Waals surface area contributed by atoms with Gasteiger partial charge in [0, 0.05) is 27.2 Å². The fraction of sp³-hybridized carbons (Fsp3) is 0.263. The lowest BCUT2D eigenvalue weighted by Crippen LogP contribution is -2.21. The molecule has 0 fully saturated rings. The van der Waals surface area contributed by atoms with Gasteiger partial charge in [-0.05, 0) is 43.2 Å². The molecule has 0 saturated heterocycles. The molecule has 7 nitrogen and oxygen atoms in total. The smallest absolute Gasteiger partial charge is 0.306 e. The maximum absolute atomic E-state index is 11.4. The zero-order chi connectivity index (χ0) is 19.8. The van der Waals surface area contributed by atoms with Crippen molar-refractivity contribution >= 4 is 62.7 Å². The number of nitrogens with two attached hydrogens (primary N) is 1. The van der Waals surface area contributed by atoms with Gasteiger partial charge in [-0.1, -0.05) is 0 Å². The Morgan fingerprint density at radius 2 is 2.29 bits per heavy atom. The highest BCUT2D eigenvalue weighted by Gasteiger charge is 2.29. The van der Waals surface area contributed by atoms with E-state index >= 15 is 0 Å². The molecule has 0 amide bonds. The first-order valence-corrected chi connectivity index (χ1v) is 10.8. The molecule has 1 atom stereocenters. The predicted octanol–water partition coefficient (Wildman–Crippen LogP) is 3.93. The van der Waals surface area contributed by atoms with E-state index in [1.165, 1.54) is 12.5 Å². The third-order valence-corrected chi connectivity index (χ3v) is 6.95. The third-order valence-electron chi connectivity index (χ3n) is 5.01. The molecule has 144 valence electrons. The zero-order valence-electron chi connectivity index (χ0n) is 15.2. The van der Waals surface area contributed by atoms with Gasteiger partial charge in [0.25, 0.3) is 0 Å². The van der Waals surface area contributed by atoms with Gasteiger partial charge in [0.2, 0.25) is 0 Å². The van der Waals surface area contributed by atoms with Gasteiger partial charge in [0.1, 0.15) is 17.0 Å². The molecule has 4 rings (SSSR count). The summed E-state index contributed by atoms with van der Waals surface area (Å²) in [7, 11) is 0. The van der Waals surface area contributed by atoms with Crippen LogP contribution < -0.4 is 11.1 Å². The first-order chi connectivity index (χ1) is 13.5. The first kappa shape index (κ1) is 18.7. The minimum atomic E-state index is -0.738. The number of nitrogens with one attached hydrogen (secondary N) is 2. The summed E-state index contributed by atoms with van der Waals surface area (Å²) in [6.45, 7) is 0. The normalized spacial score (nSPS) is 16.0. The van der Waals surface area contributed by atoms with E-state index in [1.807, 2.05) is 18.4 Å². The van der Waals surface area contributed by atoms with Crippen LogP contribution >= 0.6 is 23.1 Å². The lowest BCUT2D eigenvalue weighted by molar-refractivity contribution is -0.142. The fourth-order valence-electron chi connectivity index (χ4n) is 3.55. The van der Waals surface area contributed by atoms with Crippen LogP contribution in [0, 0.1) is 11.3 Å². The number of rotatable bonds is 5. The second kappa shape index (κ2) is 7.40. The standard InChI is InChI=1S/C19H19N5O2S2/c1-27-15-6-12(21)10(7-20)4-13(15)24-17-16-11-3-2-9(19(25)26)5-14(11)28-18(16)23-8-22-17/h4,6-9,20H,2-3,5,21H2,1H3,(H,25,26)(H,22,23,24)/t9-/m0/s1. The average Bonchev–Trinajstić information content (AvgIpc) is 3.07. The molecule has 28 heavy (non-hydrogen) atoms. The van der Waals surface area contributed by atoms with E-state index in [1.54, 1.807) is 23.1 Å². The molecule has 2 aromatic heterocycles. The maximum atomic E-state index is 11.4. The van der Waals surface area contributed by atoms with Crippen molar-refractivity contribution < 1.29 is 9.90 Å². The van der Waals surface area contributed by atoms with Gasteiger partial charge in [0.05, 0.1) is 17.0 Å². The van der Waals surface area contributed by atoms with Gasteiger partial charge >= 0.3 is 5.97 Å². The molecule has 0 bridgehead atoms. The quantitative estimate of drug-likeness (QED) is 0.284. The number of carbonyl (C=O) groups is 1. The zero-order valence-corrected chi connectivity index (χ0v) is 16.8. The molecule has 3 aromatic rings. The molecule has 0 aliphatic heterocycles. The molecular formula is C19H19N5O2S2. The Hall–Kier alpha value is -2.65. The molecule has 1 aliphatic rings. The lowest BCUT2D eigenvalue weighted by atomic mass is 9.88. The SMILES string of the molecule is CSc1cc(N)c(C=N)cc1Nc1ncnc2sc3c(c12)CC[C@H](C(=O)O)C3. The number of aliphatic carboxylic acids is 1. The number of hydrogen-bond acceptors (Lipinski definition) is 8. The van der Waals surface area contributed by atoms with E-state index < -0.39 is 5.97 Å². The van der Waals surface area contributed by atoms with Crippen LogP contribution in [-0.2, 0) is 17.6 Å². The second-order valence-electron chi connectivity index (χ2n) is 6.63. The molecule has 5 N–H and O–H groups in total. The van der Waals surface area contributed by atoms with Gasteiger partial charge in [-0.3, -0.25) is 4.79 Å². The average molecular weight is 414 g/mol. The molecule has 2 heterocycles. The summed E-state index contributed by atoms with van der Waals surface area (Å²) in [5.41, 5.74) is 9.19. The minimum absolute atomic E-state index is 0.333. The molecule has 9 heteroatoms. The topological polar surface area (TPSA) is 125 Å². The van der Waals surface area contributed by atoms with Crippen molar-refractivity contribution in [1.29, 1.82) is 5.41 Å². The Morgan fingerprint density at radius 1 is 1.46 bits per heavy atom. The number of thiophene rings is 1. The van der Waals surface area contributed by atoms with Crippen molar-refractivity contribution in [1.82, 2.24) is 9.97 Å². The van der Waals surface area contributed by atoms with Crippen molar-refractivity contribution in [2.45, 2.75) is 24.2 Å². The molecule has 0 radical (unpaired) electrons. The van der Waals surface area contributed by atoms with Crippen LogP contribution in [0.15, 0.2) is 23.4 Å². The Balaban J connectivity index is 1.79. The summed E-state index contributed by atoms with van der Waals surface area (Å²) in [6.07, 6.45) is 6.60. The predicted molar refractivity (Wildman–Crippen MR) is 114 cm³/mol. The van der Waals surface area contributed by atoms with Crippen LogP contribution in [0.2, 0.25) is 0 Å². The summed E-state index contributed by atoms with van der Waals surface area (Å²) in [5.74, 6) is -0.370. The van der Waals surface area contributed by atoms with Crippen molar-refractivity contribution in [3.8, 4) is 0 Å². The van der Waals surface area contributed by atoms with E-state index in [2.05, 4.69) is 15.3 Å². The number of carboxylic acids is 1. The van der Waals surface area contributed by atoms with Crippen LogP contribution in [0.25, 0.3) is 10.2 Å². The summed E-state index contributed by atoms with van der Waals surface area (Å²) >= 11 is 3.11. The summed E-state index contributed by atoms with van der Waals surface area (Å²) in [6, 6.07) is 3.70. The second-order valence-corrected chi connectivity index (χ2v) is 8.57. The lowest BCUT2D eigenvalue weighted by Gasteiger charge is -2.19. The molecule has 1 aliphatic carbocycles. The van der Waals surface area contributed by atoms with E-state index in [0.29, 0.717) is 36.3 Å². The van der Waals surface area contributed by atoms with E-state index in [9.17, 15) is 9.90 Å². The molecular weight excluding hydrogens is 394 g/mol. The van der Waals surface area contributed by atoms with Crippen LogP contribution in [0.3, 0.4) is 0 Å². The Kier molecular flexibility index (Phi) is 4.94. The number of anilines is 3. The van der Waals surface area contributed by atoms with Crippen LogP contribution in [0.5, 0.6) is 0 Å². The molecule has 0 unspecified atom stereocenters. The van der Waals surface area contributed by atoms with Gasteiger partial charge < -0.3 is 21.6 Å². The third kappa shape index (κ3) is 3.20. The number of benzene rings is 1. The van der Waals surface area contributed by atoms with Crippen molar-refractivity contribution in [2.24, 2.45) is 5.92 Å². The van der Waals surface area contributed by atoms with Crippen LogP contribution in [0.1, 0.15) is 22.4 Å². The highest BCUT2D eigenvalue weighted by Crippen LogP contribution is 2.41. The Morgan fingerprint density at radius 3 is 3.00 bits per heavy atom. The molecule has 0 saturated carbocycles. The monoisotopic (exact) mass is 413 g/mol. The number of thioether (sulfide) groups is 1. The number of nitrogens with zero attached hydrogens (tertiary/aromatic N) is 2. The van der Waals surface area contributed by atoms with Crippen LogP contribution in [0.4, 0.5) is 17.2 Å². The highest BCUT2D eigenvalue weighted by molar-refractivity contribution is 7.98. The van der Waals surface area contributed by atoms with Crippen molar-refractivity contribution in [2.75, 3.05) is 17.3 Å². The highest BCUT2D eigenvalue weighted by atomic mass is 32.2. The number of aromatic nitrogens is 2. The van der Waals surface area contributed by atoms with E-state index in [-0.39, 0.29) is 5.92 Å². The largest absolute Gasteiger partial charge is 0.481 e. The van der Waals surface area contributed by atoms with Gasteiger partial charge in [-0.25, -0.2) is 9.97 Å². The Labute approximate surface area is 169 Å². The number of hydrogen-bond donors (Lipinski definition) is 4. The van der Waals surface area contributed by atoms with Crippen molar-refractivity contribution in [3.05, 3.63) is 34.5 Å². The summed E-state index contributed by atoms with van der Waals surface area (Å²) in [4.78, 5) is 23.2. The van der Waals surface area contributed by atoms with E-state index in [4.69, 9.17) is 11.1 Å². The number of fused-ring (bicyclic) bond motifs is 3. The fourth-order valence-corrected chi connectivity index (χ4v) is 5.39. The first-order valence-electron chi connectivity index (χ1n) is 8.74. The summed E-state index contributed by atoms with van der Waals surface area (Å²) in [5, 5.41) is 21.3. The van der Waals surface area contributed by atoms with Gasteiger partial charge in [-0.2, -0.15) is 0 Å². The maximum Gasteiger partial charge on any atom is 0.306 e. The van der Waals surface area contributed by atoms with Crippen LogP contribution in [-0.4, -0.2) is 33.5 Å². The molecule has 0 spiro atoms. The molecule has 1 aromatic carbocycles. The minimum Gasteiger partial charge on any atom is -0.481 e. The van der Waals surface area contributed by atoms with Gasteiger partial charge in [0.15, 0.2) is 0 Å². The summed E-state index contributed by atoms with van der Waals surface area (Å²) < 4.78 is 0. The number of nitrogen functional groups attached to an aromatic ring is 1.